The normalized spacial score (nSPS) is 14.6. The summed E-state index contributed by atoms with van der Waals surface area (Å²) in [5.74, 6) is 0. The Kier molecular flexibility index (Phi) is 5.41. The van der Waals surface area contributed by atoms with Crippen molar-refractivity contribution in [2.75, 3.05) is 20.8 Å². The van der Waals surface area contributed by atoms with E-state index in [1.165, 1.54) is 0 Å². The lowest BCUT2D eigenvalue weighted by molar-refractivity contribution is 0.201. The highest BCUT2D eigenvalue weighted by Gasteiger charge is 2.50. The molecule has 0 saturated carbocycles. The van der Waals surface area contributed by atoms with Crippen molar-refractivity contribution in [2.24, 2.45) is 0 Å². The van der Waals surface area contributed by atoms with Gasteiger partial charge in [-0.15, -0.1) is 0 Å². The molecule has 5 heteroatoms. The van der Waals surface area contributed by atoms with Gasteiger partial charge in [-0.1, -0.05) is 40.8 Å². The topological polar surface area (TPSA) is 21.7 Å². The van der Waals surface area contributed by atoms with Gasteiger partial charge in [-0.05, 0) is 18.1 Å². The Labute approximate surface area is 104 Å². The van der Waals surface area contributed by atoms with Crippen LogP contribution in [0.1, 0.15) is 27.7 Å². The van der Waals surface area contributed by atoms with Crippen LogP contribution in [0.5, 0.6) is 0 Å². The van der Waals surface area contributed by atoms with E-state index in [0.29, 0.717) is 5.04 Å². The van der Waals surface area contributed by atoms with Crippen molar-refractivity contribution in [3.63, 3.8) is 0 Å². The predicted molar refractivity (Wildman–Crippen MR) is 75.2 cm³/mol. The highest BCUT2D eigenvalue weighted by atomic mass is 28.4. The molecule has 0 radical (unpaired) electrons. The first kappa shape index (κ1) is 16.3. The highest BCUT2D eigenvalue weighted by molar-refractivity contribution is 6.88. The third-order valence-electron chi connectivity index (χ3n) is 4.07. The molecule has 3 nitrogen and oxygen atoms in total. The van der Waals surface area contributed by atoms with Crippen molar-refractivity contribution in [3.05, 3.63) is 0 Å². The predicted octanol–water partition coefficient (Wildman–Crippen LogP) is 3.18. The molecule has 0 atom stereocenters. The van der Waals surface area contributed by atoms with Gasteiger partial charge in [0, 0.05) is 14.2 Å². The fourth-order valence-corrected chi connectivity index (χ4v) is 10.3. The molecule has 0 heterocycles. The first-order valence-electron chi connectivity index (χ1n) is 5.95. The molecule has 0 aliphatic rings. The fourth-order valence-electron chi connectivity index (χ4n) is 1.90. The lowest BCUT2D eigenvalue weighted by Gasteiger charge is -2.50. The van der Waals surface area contributed by atoms with E-state index < -0.39 is 17.0 Å². The third kappa shape index (κ3) is 2.95. The summed E-state index contributed by atoms with van der Waals surface area (Å²) in [4.78, 5) is 0. The van der Waals surface area contributed by atoms with Crippen LogP contribution in [0.4, 0.5) is 0 Å². The minimum Gasteiger partial charge on any atom is -0.386 e. The van der Waals surface area contributed by atoms with Crippen LogP contribution < -0.4 is 0 Å². The van der Waals surface area contributed by atoms with E-state index in [4.69, 9.17) is 8.85 Å². The molecule has 0 aliphatic heterocycles. The van der Waals surface area contributed by atoms with Gasteiger partial charge >= 0.3 is 8.72 Å². The summed E-state index contributed by atoms with van der Waals surface area (Å²) in [7, 11) is -0.205. The second kappa shape index (κ2) is 5.31. The summed E-state index contributed by atoms with van der Waals surface area (Å²) in [6, 6.07) is 0. The Morgan fingerprint density at radius 3 is 1.56 bits per heavy atom. The summed E-state index contributed by atoms with van der Waals surface area (Å²) in [5, 5.41) is 0.314. The lowest BCUT2D eigenvalue weighted by Crippen LogP contribution is -2.68. The molecule has 0 unspecified atom stereocenters. The SMILES string of the molecule is CCN([Si](C)(OC)OC)[Si](C)(C)C(C)(C)C. The standard InChI is InChI=1S/C11H29NO2Si2/c1-10-12(16(9,13-5)14-6)15(7,8)11(2,3)4/h10H2,1-9H3. The van der Waals surface area contributed by atoms with E-state index in [-0.39, 0.29) is 0 Å². The quantitative estimate of drug-likeness (QED) is 0.711. The van der Waals surface area contributed by atoms with Crippen molar-refractivity contribution in [1.82, 2.24) is 4.23 Å². The Hall–Kier alpha value is 0.314. The van der Waals surface area contributed by atoms with Crippen molar-refractivity contribution >= 4 is 17.0 Å². The number of hydrogen-bond donors (Lipinski definition) is 0. The zero-order valence-electron chi connectivity index (χ0n) is 12.5. The first-order valence-corrected chi connectivity index (χ1v) is 11.2. The Morgan fingerprint density at radius 2 is 1.38 bits per heavy atom. The minimum absolute atomic E-state index is 0.314. The smallest absolute Gasteiger partial charge is 0.386 e. The van der Waals surface area contributed by atoms with Gasteiger partial charge in [0.2, 0.25) is 0 Å². The van der Waals surface area contributed by atoms with Gasteiger partial charge in [0.15, 0.2) is 0 Å². The molecule has 0 aromatic rings. The van der Waals surface area contributed by atoms with Gasteiger partial charge < -0.3 is 13.1 Å². The second-order valence-electron chi connectivity index (χ2n) is 5.86. The average molecular weight is 264 g/mol. The summed E-state index contributed by atoms with van der Waals surface area (Å²) in [5.41, 5.74) is 0. The summed E-state index contributed by atoms with van der Waals surface area (Å²) in [6.45, 7) is 17.1. The molecule has 0 spiro atoms. The summed E-state index contributed by atoms with van der Waals surface area (Å²) >= 11 is 0. The van der Waals surface area contributed by atoms with Crippen LogP contribution in [-0.4, -0.2) is 42.0 Å². The van der Waals surface area contributed by atoms with E-state index in [1.807, 2.05) is 0 Å². The molecule has 0 saturated heterocycles. The van der Waals surface area contributed by atoms with E-state index in [2.05, 4.69) is 51.6 Å². The fraction of sp³-hybridized carbons (Fsp3) is 1.00. The summed E-state index contributed by atoms with van der Waals surface area (Å²) < 4.78 is 13.9. The van der Waals surface area contributed by atoms with Crippen LogP contribution in [0.3, 0.4) is 0 Å². The first-order chi connectivity index (χ1) is 7.06. The molecular formula is C11H29NO2Si2. The molecule has 0 bridgehead atoms. The zero-order chi connectivity index (χ0) is 13.2. The Morgan fingerprint density at radius 1 is 1.00 bits per heavy atom. The molecule has 0 aromatic heterocycles. The van der Waals surface area contributed by atoms with Gasteiger partial charge in [0.1, 0.15) is 8.24 Å². The summed E-state index contributed by atoms with van der Waals surface area (Å²) in [6.07, 6.45) is 0. The maximum absolute atomic E-state index is 5.70. The average Bonchev–Trinajstić information content (AvgIpc) is 2.16. The van der Waals surface area contributed by atoms with Crippen LogP contribution in [0, 0.1) is 0 Å². The van der Waals surface area contributed by atoms with Gasteiger partial charge in [0.05, 0.1) is 0 Å². The van der Waals surface area contributed by atoms with Gasteiger partial charge in [0.25, 0.3) is 0 Å². The van der Waals surface area contributed by atoms with Crippen LogP contribution in [-0.2, 0) is 8.85 Å². The van der Waals surface area contributed by atoms with Gasteiger partial charge in [-0.3, -0.25) is 0 Å². The molecule has 0 amide bonds. The minimum atomic E-state index is -2.18. The molecule has 98 valence electrons. The molecule has 0 aliphatic carbocycles. The maximum atomic E-state index is 5.70. The maximum Gasteiger partial charge on any atom is 0.417 e. The lowest BCUT2D eigenvalue weighted by atomic mass is 10.2. The van der Waals surface area contributed by atoms with Crippen LogP contribution in [0.2, 0.25) is 24.7 Å². The van der Waals surface area contributed by atoms with Crippen molar-refractivity contribution in [1.29, 1.82) is 0 Å². The highest BCUT2D eigenvalue weighted by Crippen LogP contribution is 2.40. The number of hydrogen-bond acceptors (Lipinski definition) is 3. The molecule has 0 rings (SSSR count). The number of nitrogens with zero attached hydrogens (tertiary/aromatic N) is 1. The number of rotatable bonds is 5. The van der Waals surface area contributed by atoms with Crippen LogP contribution in [0.25, 0.3) is 0 Å². The van der Waals surface area contributed by atoms with E-state index in [1.54, 1.807) is 14.2 Å². The molecule has 0 fully saturated rings. The Bertz CT molecular complexity index is 223. The molecule has 16 heavy (non-hydrogen) atoms. The molecular weight excluding hydrogens is 234 g/mol. The zero-order valence-corrected chi connectivity index (χ0v) is 14.5. The van der Waals surface area contributed by atoms with E-state index in [0.717, 1.165) is 6.54 Å². The van der Waals surface area contributed by atoms with Crippen molar-refractivity contribution in [2.45, 2.75) is 52.4 Å². The van der Waals surface area contributed by atoms with Crippen molar-refractivity contribution in [3.8, 4) is 0 Å². The van der Waals surface area contributed by atoms with Crippen LogP contribution in [0.15, 0.2) is 0 Å². The third-order valence-corrected chi connectivity index (χ3v) is 15.1. The van der Waals surface area contributed by atoms with Crippen molar-refractivity contribution < 1.29 is 8.85 Å². The Balaban J connectivity index is 5.29. The molecule has 0 N–H and O–H groups in total. The van der Waals surface area contributed by atoms with Crippen LogP contribution >= 0.6 is 0 Å². The largest absolute Gasteiger partial charge is 0.417 e. The second-order valence-corrected chi connectivity index (χ2v) is 14.6. The molecule has 0 aromatic carbocycles. The van der Waals surface area contributed by atoms with Gasteiger partial charge in [-0.25, -0.2) is 0 Å². The van der Waals surface area contributed by atoms with E-state index >= 15 is 0 Å². The van der Waals surface area contributed by atoms with E-state index in [9.17, 15) is 0 Å². The van der Waals surface area contributed by atoms with Gasteiger partial charge in [-0.2, -0.15) is 0 Å². The monoisotopic (exact) mass is 263 g/mol.